The molecule has 2 bridgehead atoms. The summed E-state index contributed by atoms with van der Waals surface area (Å²) in [6.07, 6.45) is 21.6. The molecule has 5 heteroatoms. The summed E-state index contributed by atoms with van der Waals surface area (Å²) in [7, 11) is 1.53. The van der Waals surface area contributed by atoms with Crippen molar-refractivity contribution in [2.45, 2.75) is 143 Å². The third kappa shape index (κ3) is 5.03. The number of fused-ring (bicyclic) bond motifs is 9. The van der Waals surface area contributed by atoms with E-state index in [1.165, 1.54) is 89.0 Å². The summed E-state index contributed by atoms with van der Waals surface area (Å²) in [5.41, 5.74) is 6.04. The largest absolute Gasteiger partial charge is 0.469 e. The highest BCUT2D eigenvalue weighted by Gasteiger charge is 2.70. The van der Waals surface area contributed by atoms with Gasteiger partial charge in [0.2, 0.25) is 0 Å². The van der Waals surface area contributed by atoms with Crippen molar-refractivity contribution < 1.29 is 14.3 Å². The Labute approximate surface area is 298 Å². The van der Waals surface area contributed by atoms with Crippen LogP contribution in [-0.2, 0) is 14.3 Å². The SMILES string of the molecule is C=C(C)[C@@H]1CC[C@]2(NCCN3C[C@@H]4C[C@H]3CO4)CC[C@]3(C)[C@H](CC[C@@H]4[C@@]5(C)CC=C(C6=CC[C@H](C(=O)OC)CC6)C(C)(C)[C@@H]5CC[C@]43C)[C@@H]12. The summed E-state index contributed by atoms with van der Waals surface area (Å²) in [6, 6.07) is 0.655. The number of hydrogen-bond donors (Lipinski definition) is 1. The zero-order valence-electron chi connectivity index (χ0n) is 32.2. The highest BCUT2D eigenvalue weighted by Crippen LogP contribution is 2.76. The second-order valence-electron chi connectivity index (χ2n) is 19.9. The molecule has 12 atom stereocenters. The van der Waals surface area contributed by atoms with Gasteiger partial charge in [0.1, 0.15) is 0 Å². The third-order valence-corrected chi connectivity index (χ3v) is 17.8. The van der Waals surface area contributed by atoms with Crippen LogP contribution >= 0.6 is 0 Å². The van der Waals surface area contributed by atoms with E-state index in [-0.39, 0.29) is 22.8 Å². The first-order valence-electron chi connectivity index (χ1n) is 20.5. The van der Waals surface area contributed by atoms with Crippen molar-refractivity contribution in [2.24, 2.45) is 57.2 Å². The number of methoxy groups -OCH3 is 1. The summed E-state index contributed by atoms with van der Waals surface area (Å²) in [5, 5.41) is 4.35. The van der Waals surface area contributed by atoms with Crippen molar-refractivity contribution >= 4 is 5.97 Å². The van der Waals surface area contributed by atoms with Crippen LogP contribution in [0.25, 0.3) is 0 Å². The maximum Gasteiger partial charge on any atom is 0.308 e. The van der Waals surface area contributed by atoms with Crippen LogP contribution < -0.4 is 5.32 Å². The van der Waals surface area contributed by atoms with E-state index in [1.54, 1.807) is 5.57 Å². The molecule has 0 unspecified atom stereocenters. The van der Waals surface area contributed by atoms with Crippen LogP contribution in [0, 0.1) is 57.2 Å². The number of ether oxygens (including phenoxy) is 2. The van der Waals surface area contributed by atoms with Crippen molar-refractivity contribution in [1.29, 1.82) is 0 Å². The Morgan fingerprint density at radius 3 is 2.49 bits per heavy atom. The molecular formula is C44H68N2O3. The van der Waals surface area contributed by atoms with E-state index in [2.05, 4.69) is 70.5 Å². The topological polar surface area (TPSA) is 50.8 Å². The number of nitrogens with one attached hydrogen (secondary N) is 1. The quantitative estimate of drug-likeness (QED) is 0.216. The fourth-order valence-electron chi connectivity index (χ4n) is 15.3. The van der Waals surface area contributed by atoms with Gasteiger partial charge in [0.15, 0.2) is 0 Å². The van der Waals surface area contributed by atoms with E-state index in [1.807, 2.05) is 0 Å². The van der Waals surface area contributed by atoms with Gasteiger partial charge < -0.3 is 14.8 Å². The Morgan fingerprint density at radius 1 is 1.00 bits per heavy atom. The molecule has 0 aromatic rings. The van der Waals surface area contributed by atoms with Gasteiger partial charge in [-0.2, -0.15) is 0 Å². The lowest BCUT2D eigenvalue weighted by atomic mass is 9.33. The van der Waals surface area contributed by atoms with Crippen LogP contribution in [-0.4, -0.2) is 61.9 Å². The molecule has 0 aromatic carbocycles. The van der Waals surface area contributed by atoms with Crippen molar-refractivity contribution in [3.8, 4) is 0 Å². The van der Waals surface area contributed by atoms with Crippen LogP contribution in [0.5, 0.6) is 0 Å². The lowest BCUT2D eigenvalue weighted by Crippen LogP contribution is -2.68. The summed E-state index contributed by atoms with van der Waals surface area (Å²) < 4.78 is 11.0. The minimum atomic E-state index is -0.0393. The molecule has 4 saturated carbocycles. The number of morpholine rings is 1. The lowest BCUT2D eigenvalue weighted by Gasteiger charge is -2.72. The zero-order chi connectivity index (χ0) is 34.6. The van der Waals surface area contributed by atoms with Gasteiger partial charge in [0.25, 0.3) is 0 Å². The molecule has 0 spiro atoms. The Kier molecular flexibility index (Phi) is 8.52. The first kappa shape index (κ1) is 34.6. The van der Waals surface area contributed by atoms with Crippen molar-refractivity contribution in [1.82, 2.24) is 10.2 Å². The molecule has 0 radical (unpaired) electrons. The summed E-state index contributed by atoms with van der Waals surface area (Å²) in [5.74, 6) is 3.59. The van der Waals surface area contributed by atoms with Crippen LogP contribution in [0.15, 0.2) is 35.5 Å². The predicted octanol–water partition coefficient (Wildman–Crippen LogP) is 8.89. The van der Waals surface area contributed by atoms with E-state index in [0.29, 0.717) is 46.1 Å². The Hall–Kier alpha value is -1.43. The normalized spacial score (nSPS) is 48.5. The molecule has 49 heavy (non-hydrogen) atoms. The molecule has 6 aliphatic carbocycles. The maximum atomic E-state index is 12.3. The standard InChI is InChI=1S/C44H68N2O3/c1-28(2)33-15-20-44(45-23-24-46-26-32-25-31(46)27-49-32)22-21-42(6)35(38(33)44)13-14-37-41(5)18-16-34(29-9-11-30(12-10-29)39(47)48-8)40(3,4)36(41)17-19-43(37,42)7/h9,16,30-33,35-38,45H,1,10-15,17-27H2,2-8H3/t30-,31-,32-,33-,35+,36-,37+,38+,41-,42+,43+,44-/m0/s1. The van der Waals surface area contributed by atoms with E-state index in [4.69, 9.17) is 9.47 Å². The number of carbonyl (C=O) groups excluding carboxylic acids is 1. The second kappa shape index (κ2) is 12.1. The number of carbonyl (C=O) groups is 1. The van der Waals surface area contributed by atoms with Gasteiger partial charge in [0.05, 0.1) is 25.7 Å². The highest BCUT2D eigenvalue weighted by molar-refractivity contribution is 5.73. The molecule has 2 aliphatic heterocycles. The van der Waals surface area contributed by atoms with E-state index >= 15 is 0 Å². The van der Waals surface area contributed by atoms with Crippen LogP contribution in [0.4, 0.5) is 0 Å². The molecule has 2 heterocycles. The van der Waals surface area contributed by atoms with Gasteiger partial charge in [-0.15, -0.1) is 0 Å². The van der Waals surface area contributed by atoms with E-state index in [9.17, 15) is 4.79 Å². The molecular weight excluding hydrogens is 604 g/mol. The molecule has 0 amide bonds. The smallest absolute Gasteiger partial charge is 0.308 e. The molecule has 1 N–H and O–H groups in total. The Morgan fingerprint density at radius 2 is 1.82 bits per heavy atom. The number of allylic oxidation sites excluding steroid dienone is 5. The summed E-state index contributed by atoms with van der Waals surface area (Å²) in [6.45, 7) is 24.8. The number of esters is 1. The van der Waals surface area contributed by atoms with E-state index < -0.39 is 0 Å². The van der Waals surface area contributed by atoms with Crippen molar-refractivity contribution in [2.75, 3.05) is 33.4 Å². The summed E-state index contributed by atoms with van der Waals surface area (Å²) in [4.78, 5) is 15.0. The van der Waals surface area contributed by atoms with Crippen LogP contribution in [0.2, 0.25) is 0 Å². The number of rotatable bonds is 7. The average molecular weight is 673 g/mol. The molecule has 8 rings (SSSR count). The third-order valence-electron chi connectivity index (χ3n) is 17.8. The van der Waals surface area contributed by atoms with E-state index in [0.717, 1.165) is 50.8 Å². The molecule has 0 aromatic heterocycles. The fraction of sp³-hybridized carbons (Fsp3) is 0.841. The maximum absolute atomic E-state index is 12.3. The average Bonchev–Trinajstić information content (AvgIpc) is 3.80. The van der Waals surface area contributed by atoms with Crippen molar-refractivity contribution in [3.05, 3.63) is 35.5 Å². The van der Waals surface area contributed by atoms with Gasteiger partial charge in [-0.05, 0) is 153 Å². The van der Waals surface area contributed by atoms with Crippen LogP contribution in [0.1, 0.15) is 125 Å². The van der Waals surface area contributed by atoms with Gasteiger partial charge in [-0.25, -0.2) is 0 Å². The van der Waals surface area contributed by atoms with Gasteiger partial charge in [-0.1, -0.05) is 58.9 Å². The van der Waals surface area contributed by atoms with Gasteiger partial charge in [0, 0.05) is 31.2 Å². The second-order valence-corrected chi connectivity index (χ2v) is 19.9. The van der Waals surface area contributed by atoms with Gasteiger partial charge in [-0.3, -0.25) is 9.69 Å². The minimum Gasteiger partial charge on any atom is -0.469 e. The molecule has 8 aliphatic rings. The lowest BCUT2D eigenvalue weighted by molar-refractivity contribution is -0.221. The monoisotopic (exact) mass is 673 g/mol. The van der Waals surface area contributed by atoms with Crippen molar-refractivity contribution in [3.63, 3.8) is 0 Å². The molecule has 2 saturated heterocycles. The Bertz CT molecular complexity index is 1410. The van der Waals surface area contributed by atoms with Crippen LogP contribution in [0.3, 0.4) is 0 Å². The molecule has 272 valence electrons. The predicted molar refractivity (Wildman–Crippen MR) is 198 cm³/mol. The highest BCUT2D eigenvalue weighted by atomic mass is 16.5. The number of nitrogens with zero attached hydrogens (tertiary/aromatic N) is 1. The Balaban J connectivity index is 1.04. The summed E-state index contributed by atoms with van der Waals surface area (Å²) >= 11 is 0. The molecule has 5 nitrogen and oxygen atoms in total. The molecule has 6 fully saturated rings. The fourth-order valence-corrected chi connectivity index (χ4v) is 15.3. The van der Waals surface area contributed by atoms with Gasteiger partial charge >= 0.3 is 5.97 Å². The number of hydrogen-bond acceptors (Lipinski definition) is 5. The zero-order valence-corrected chi connectivity index (χ0v) is 32.2. The number of likely N-dealkylation sites (tertiary alicyclic amines) is 1. The minimum absolute atomic E-state index is 0.0293. The first-order chi connectivity index (χ1) is 23.3. The first-order valence-corrected chi connectivity index (χ1v) is 20.5.